The van der Waals surface area contributed by atoms with Crippen molar-refractivity contribution in [1.82, 2.24) is 29.9 Å². The molecule has 2 aliphatic rings. The molecule has 8 heteroatoms. The first kappa shape index (κ1) is 19.0. The number of para-hydroxylation sites is 1. The second kappa shape index (κ2) is 8.32. The lowest BCUT2D eigenvalue weighted by molar-refractivity contribution is 0.154. The Morgan fingerprint density at radius 1 is 1.14 bits per heavy atom. The van der Waals surface area contributed by atoms with Crippen LogP contribution in [-0.2, 0) is 13.0 Å². The maximum absolute atomic E-state index is 6.20. The van der Waals surface area contributed by atoms with Crippen molar-refractivity contribution in [3.63, 3.8) is 0 Å². The summed E-state index contributed by atoms with van der Waals surface area (Å²) in [6, 6.07) is 8.73. The van der Waals surface area contributed by atoms with Crippen molar-refractivity contribution in [1.29, 1.82) is 0 Å². The van der Waals surface area contributed by atoms with E-state index in [4.69, 9.17) is 4.74 Å². The number of hydrogen-bond acceptors (Lipinski definition) is 5. The van der Waals surface area contributed by atoms with E-state index in [0.29, 0.717) is 6.04 Å². The monoisotopic (exact) mass is 400 g/mol. The number of piperidine rings is 1. The van der Waals surface area contributed by atoms with Gasteiger partial charge in [0.2, 0.25) is 0 Å². The smallest absolute Gasteiger partial charge is 0.162 e. The highest BCUT2D eigenvalue weighted by molar-refractivity contribution is 5.85. The third-order valence-electron chi connectivity index (χ3n) is 5.54. The van der Waals surface area contributed by atoms with E-state index in [2.05, 4.69) is 43.4 Å². The summed E-state index contributed by atoms with van der Waals surface area (Å²) < 4.78 is 10.3. The molecule has 28 heavy (non-hydrogen) atoms. The van der Waals surface area contributed by atoms with Crippen molar-refractivity contribution in [2.45, 2.75) is 44.4 Å². The normalized spacial score (nSPS) is 19.5. The number of benzene rings is 1. The van der Waals surface area contributed by atoms with Gasteiger partial charge in [0, 0.05) is 12.4 Å². The SMILES string of the molecule is Cl.c1ccc2c(c1)CC[C@H](Cn1ccnc1-c1cn(C3CCNCC3)nn1)O2. The molecule has 0 aliphatic carbocycles. The van der Waals surface area contributed by atoms with Gasteiger partial charge in [-0.2, -0.15) is 0 Å². The Bertz CT molecular complexity index is 917. The van der Waals surface area contributed by atoms with E-state index in [1.165, 1.54) is 5.56 Å². The number of nitrogens with one attached hydrogen (secondary N) is 1. The minimum Gasteiger partial charge on any atom is -0.488 e. The van der Waals surface area contributed by atoms with Gasteiger partial charge in [-0.05, 0) is 50.4 Å². The zero-order valence-electron chi connectivity index (χ0n) is 15.7. The highest BCUT2D eigenvalue weighted by Gasteiger charge is 2.22. The Kier molecular flexibility index (Phi) is 5.64. The zero-order valence-corrected chi connectivity index (χ0v) is 16.5. The summed E-state index contributed by atoms with van der Waals surface area (Å²) in [5.41, 5.74) is 2.12. The van der Waals surface area contributed by atoms with Gasteiger partial charge < -0.3 is 14.6 Å². The molecule has 0 unspecified atom stereocenters. The Balaban J connectivity index is 0.00000192. The molecule has 1 saturated heterocycles. The number of imidazole rings is 1. The lowest BCUT2D eigenvalue weighted by Gasteiger charge is -2.26. The predicted molar refractivity (Wildman–Crippen MR) is 109 cm³/mol. The molecule has 0 spiro atoms. The maximum atomic E-state index is 6.20. The molecule has 1 aromatic carbocycles. The van der Waals surface area contributed by atoms with E-state index in [-0.39, 0.29) is 18.5 Å². The van der Waals surface area contributed by atoms with Gasteiger partial charge in [0.15, 0.2) is 5.82 Å². The molecular weight excluding hydrogens is 376 g/mol. The summed E-state index contributed by atoms with van der Waals surface area (Å²) >= 11 is 0. The number of halogens is 1. The van der Waals surface area contributed by atoms with Gasteiger partial charge in [-0.3, -0.25) is 0 Å². The third kappa shape index (κ3) is 3.77. The molecule has 1 N–H and O–H groups in total. The molecule has 2 aliphatic heterocycles. The van der Waals surface area contributed by atoms with Crippen LogP contribution < -0.4 is 10.1 Å². The molecule has 4 heterocycles. The van der Waals surface area contributed by atoms with E-state index in [9.17, 15) is 0 Å². The Hall–Kier alpha value is -2.38. The quantitative estimate of drug-likeness (QED) is 0.729. The predicted octanol–water partition coefficient (Wildman–Crippen LogP) is 2.88. The first-order valence-corrected chi connectivity index (χ1v) is 9.75. The van der Waals surface area contributed by atoms with Gasteiger partial charge in [-0.1, -0.05) is 23.4 Å². The second-order valence-electron chi connectivity index (χ2n) is 7.35. The lowest BCUT2D eigenvalue weighted by atomic mass is 10.0. The summed E-state index contributed by atoms with van der Waals surface area (Å²) in [6.07, 6.45) is 10.3. The molecule has 1 atom stereocenters. The van der Waals surface area contributed by atoms with Crippen molar-refractivity contribution in [3.8, 4) is 17.3 Å². The summed E-state index contributed by atoms with van der Waals surface area (Å²) in [5.74, 6) is 1.87. The molecule has 5 rings (SSSR count). The number of ether oxygens (including phenoxy) is 1. The van der Waals surface area contributed by atoms with E-state index in [1.807, 2.05) is 29.3 Å². The largest absolute Gasteiger partial charge is 0.488 e. The number of aromatic nitrogens is 5. The highest BCUT2D eigenvalue weighted by atomic mass is 35.5. The van der Waals surface area contributed by atoms with Gasteiger partial charge in [-0.25, -0.2) is 9.67 Å². The van der Waals surface area contributed by atoms with Gasteiger partial charge in [-0.15, -0.1) is 17.5 Å². The fourth-order valence-corrected chi connectivity index (χ4v) is 4.05. The van der Waals surface area contributed by atoms with Crippen LogP contribution in [0.15, 0.2) is 42.9 Å². The van der Waals surface area contributed by atoms with Crippen LogP contribution >= 0.6 is 12.4 Å². The number of rotatable bonds is 4. The summed E-state index contributed by atoms with van der Waals surface area (Å²) in [7, 11) is 0. The number of hydrogen-bond donors (Lipinski definition) is 1. The molecule has 2 aromatic heterocycles. The summed E-state index contributed by atoms with van der Waals surface area (Å²) in [6.45, 7) is 2.84. The summed E-state index contributed by atoms with van der Waals surface area (Å²) in [4.78, 5) is 4.53. The fourth-order valence-electron chi connectivity index (χ4n) is 4.05. The Morgan fingerprint density at radius 3 is 2.89 bits per heavy atom. The van der Waals surface area contributed by atoms with Crippen LogP contribution in [0.3, 0.4) is 0 Å². The zero-order chi connectivity index (χ0) is 18.1. The third-order valence-corrected chi connectivity index (χ3v) is 5.54. The van der Waals surface area contributed by atoms with Crippen LogP contribution in [0.25, 0.3) is 11.5 Å². The molecule has 3 aromatic rings. The average molecular weight is 401 g/mol. The molecule has 0 saturated carbocycles. The van der Waals surface area contributed by atoms with Crippen LogP contribution in [0.1, 0.15) is 30.9 Å². The molecule has 0 bridgehead atoms. The van der Waals surface area contributed by atoms with Crippen LogP contribution in [0.2, 0.25) is 0 Å². The second-order valence-corrected chi connectivity index (χ2v) is 7.35. The Morgan fingerprint density at radius 2 is 2.00 bits per heavy atom. The van der Waals surface area contributed by atoms with Gasteiger partial charge in [0.25, 0.3) is 0 Å². The molecule has 0 amide bonds. The minimum absolute atomic E-state index is 0. The van der Waals surface area contributed by atoms with Crippen LogP contribution in [0.4, 0.5) is 0 Å². The first-order valence-electron chi connectivity index (χ1n) is 9.75. The minimum atomic E-state index is 0. The molecule has 7 nitrogen and oxygen atoms in total. The van der Waals surface area contributed by atoms with Gasteiger partial charge in [0.1, 0.15) is 17.5 Å². The Labute approximate surface area is 170 Å². The van der Waals surface area contributed by atoms with E-state index in [0.717, 1.165) is 62.6 Å². The number of fused-ring (bicyclic) bond motifs is 1. The number of aryl methyl sites for hydroxylation is 1. The van der Waals surface area contributed by atoms with Crippen molar-refractivity contribution in [3.05, 3.63) is 48.4 Å². The molecule has 0 radical (unpaired) electrons. The van der Waals surface area contributed by atoms with Crippen LogP contribution in [-0.4, -0.2) is 43.7 Å². The van der Waals surface area contributed by atoms with Crippen molar-refractivity contribution in [2.24, 2.45) is 0 Å². The number of nitrogens with zero attached hydrogens (tertiary/aromatic N) is 5. The lowest BCUT2D eigenvalue weighted by Crippen LogP contribution is -2.29. The maximum Gasteiger partial charge on any atom is 0.162 e. The molecule has 148 valence electrons. The summed E-state index contributed by atoms with van der Waals surface area (Å²) in [5, 5.41) is 12.1. The van der Waals surface area contributed by atoms with E-state index >= 15 is 0 Å². The van der Waals surface area contributed by atoms with E-state index < -0.39 is 0 Å². The van der Waals surface area contributed by atoms with E-state index in [1.54, 1.807) is 0 Å². The topological polar surface area (TPSA) is 69.8 Å². The van der Waals surface area contributed by atoms with Gasteiger partial charge >= 0.3 is 0 Å². The highest BCUT2D eigenvalue weighted by Crippen LogP contribution is 2.28. The molecule has 1 fully saturated rings. The van der Waals surface area contributed by atoms with Crippen molar-refractivity contribution in [2.75, 3.05) is 13.1 Å². The van der Waals surface area contributed by atoms with Crippen LogP contribution in [0.5, 0.6) is 5.75 Å². The standard InChI is InChI=1S/C20H24N6O.ClH/c1-2-4-19-15(3-1)5-6-17(27-19)13-25-12-11-22-20(25)18-14-26(24-23-18)16-7-9-21-10-8-16;/h1-4,11-12,14,16-17,21H,5-10,13H2;1H/t17-;/m1./s1. The van der Waals surface area contributed by atoms with Crippen molar-refractivity contribution < 1.29 is 4.74 Å². The van der Waals surface area contributed by atoms with Crippen LogP contribution in [0, 0.1) is 0 Å². The van der Waals surface area contributed by atoms with Crippen molar-refractivity contribution >= 4 is 12.4 Å². The fraction of sp³-hybridized carbons (Fsp3) is 0.450. The molecular formula is C20H25ClN6O. The average Bonchev–Trinajstić information content (AvgIpc) is 3.38. The first-order chi connectivity index (χ1) is 13.4. The van der Waals surface area contributed by atoms with Gasteiger partial charge in [0.05, 0.1) is 18.8 Å².